The van der Waals surface area contributed by atoms with E-state index in [1.165, 1.54) is 0 Å². The van der Waals surface area contributed by atoms with Crippen molar-refractivity contribution in [1.82, 2.24) is 10.3 Å². The van der Waals surface area contributed by atoms with Crippen LogP contribution in [0.1, 0.15) is 36.1 Å². The maximum Gasteiger partial charge on any atom is 0.174 e. The van der Waals surface area contributed by atoms with Gasteiger partial charge in [0, 0.05) is 18.0 Å². The lowest BCUT2D eigenvalue weighted by Crippen LogP contribution is -2.23. The standard InChI is InChI=1S/C14H17BrN2O/c1-3-5-17-13(12-4-6-18-14(12)15)11-7-10(2)8-16-9-11/h4,6-9,13,17H,3,5H2,1-2H3. The second kappa shape index (κ2) is 6.16. The van der Waals surface area contributed by atoms with Crippen molar-refractivity contribution < 1.29 is 4.42 Å². The normalized spacial score (nSPS) is 12.6. The zero-order valence-electron chi connectivity index (χ0n) is 10.6. The zero-order valence-corrected chi connectivity index (χ0v) is 12.2. The summed E-state index contributed by atoms with van der Waals surface area (Å²) in [6, 6.07) is 4.25. The van der Waals surface area contributed by atoms with Gasteiger partial charge in [0.15, 0.2) is 4.67 Å². The number of halogens is 1. The molecule has 4 heteroatoms. The molecule has 3 nitrogen and oxygen atoms in total. The first-order valence-corrected chi connectivity index (χ1v) is 6.89. The van der Waals surface area contributed by atoms with E-state index in [4.69, 9.17) is 4.42 Å². The SMILES string of the molecule is CCCNC(c1cncc(C)c1)c1ccoc1Br. The van der Waals surface area contributed by atoms with E-state index in [0.717, 1.165) is 34.3 Å². The Labute approximate surface area is 116 Å². The van der Waals surface area contributed by atoms with Crippen molar-refractivity contribution >= 4 is 15.9 Å². The van der Waals surface area contributed by atoms with Crippen LogP contribution >= 0.6 is 15.9 Å². The summed E-state index contributed by atoms with van der Waals surface area (Å²) in [7, 11) is 0. The molecule has 0 spiro atoms. The number of pyridine rings is 1. The Morgan fingerprint density at radius 3 is 2.89 bits per heavy atom. The predicted molar refractivity (Wildman–Crippen MR) is 75.5 cm³/mol. The predicted octanol–water partition coefficient (Wildman–Crippen LogP) is 3.83. The summed E-state index contributed by atoms with van der Waals surface area (Å²) in [5, 5.41) is 3.53. The molecule has 2 aromatic heterocycles. The molecule has 0 saturated heterocycles. The second-order valence-electron chi connectivity index (χ2n) is 4.33. The van der Waals surface area contributed by atoms with E-state index >= 15 is 0 Å². The molecule has 0 bridgehead atoms. The maximum absolute atomic E-state index is 5.33. The molecule has 2 heterocycles. The number of hydrogen-bond donors (Lipinski definition) is 1. The molecule has 0 saturated carbocycles. The molecule has 2 rings (SSSR count). The summed E-state index contributed by atoms with van der Waals surface area (Å²) in [6.07, 6.45) is 6.55. The van der Waals surface area contributed by atoms with Gasteiger partial charge in [-0.05, 0) is 53.0 Å². The van der Waals surface area contributed by atoms with Crippen LogP contribution in [0.15, 0.2) is 39.9 Å². The van der Waals surface area contributed by atoms with Gasteiger partial charge in [-0.15, -0.1) is 0 Å². The van der Waals surface area contributed by atoms with Crippen LogP contribution in [0.2, 0.25) is 0 Å². The highest BCUT2D eigenvalue weighted by Crippen LogP contribution is 2.29. The molecule has 1 atom stereocenters. The summed E-state index contributed by atoms with van der Waals surface area (Å²) >= 11 is 3.45. The van der Waals surface area contributed by atoms with Gasteiger partial charge in [0.1, 0.15) is 0 Å². The van der Waals surface area contributed by atoms with Crippen molar-refractivity contribution in [3.63, 3.8) is 0 Å². The average Bonchev–Trinajstić information content (AvgIpc) is 2.77. The molecular weight excluding hydrogens is 292 g/mol. The molecule has 2 aromatic rings. The monoisotopic (exact) mass is 308 g/mol. The van der Waals surface area contributed by atoms with Gasteiger partial charge in [-0.25, -0.2) is 0 Å². The van der Waals surface area contributed by atoms with E-state index < -0.39 is 0 Å². The molecule has 0 fully saturated rings. The van der Waals surface area contributed by atoms with Crippen molar-refractivity contribution in [2.75, 3.05) is 6.54 Å². The molecule has 96 valence electrons. The summed E-state index contributed by atoms with van der Waals surface area (Å²) in [5.74, 6) is 0. The number of nitrogens with one attached hydrogen (secondary N) is 1. The van der Waals surface area contributed by atoms with Gasteiger partial charge < -0.3 is 9.73 Å². The quantitative estimate of drug-likeness (QED) is 0.912. The third-order valence-corrected chi connectivity index (χ3v) is 3.43. The van der Waals surface area contributed by atoms with Crippen LogP contribution < -0.4 is 5.32 Å². The van der Waals surface area contributed by atoms with Gasteiger partial charge in [-0.2, -0.15) is 0 Å². The molecule has 0 aliphatic rings. The minimum atomic E-state index is 0.116. The van der Waals surface area contributed by atoms with Crippen molar-refractivity contribution in [3.8, 4) is 0 Å². The summed E-state index contributed by atoms with van der Waals surface area (Å²) in [4.78, 5) is 4.27. The topological polar surface area (TPSA) is 38.1 Å². The van der Waals surface area contributed by atoms with Crippen LogP contribution in [0.5, 0.6) is 0 Å². The fraction of sp³-hybridized carbons (Fsp3) is 0.357. The number of nitrogens with zero attached hydrogens (tertiary/aromatic N) is 1. The molecule has 1 unspecified atom stereocenters. The molecule has 0 aliphatic heterocycles. The van der Waals surface area contributed by atoms with Crippen LogP contribution in [0.3, 0.4) is 0 Å². The molecule has 0 amide bonds. The van der Waals surface area contributed by atoms with Crippen molar-refractivity contribution in [1.29, 1.82) is 0 Å². The van der Waals surface area contributed by atoms with E-state index in [1.54, 1.807) is 6.26 Å². The van der Waals surface area contributed by atoms with Gasteiger partial charge in [-0.1, -0.05) is 13.0 Å². The lowest BCUT2D eigenvalue weighted by molar-refractivity contribution is 0.523. The van der Waals surface area contributed by atoms with E-state index in [1.807, 2.05) is 18.5 Å². The highest BCUT2D eigenvalue weighted by atomic mass is 79.9. The Balaban J connectivity index is 2.33. The van der Waals surface area contributed by atoms with Crippen LogP contribution in [0.25, 0.3) is 0 Å². The average molecular weight is 309 g/mol. The summed E-state index contributed by atoms with van der Waals surface area (Å²) < 4.78 is 6.11. The minimum Gasteiger partial charge on any atom is -0.457 e. The van der Waals surface area contributed by atoms with Gasteiger partial charge in [0.05, 0.1) is 12.3 Å². The Morgan fingerprint density at radius 2 is 2.28 bits per heavy atom. The highest BCUT2D eigenvalue weighted by Gasteiger charge is 2.18. The summed E-state index contributed by atoms with van der Waals surface area (Å²) in [5.41, 5.74) is 3.43. The smallest absolute Gasteiger partial charge is 0.174 e. The van der Waals surface area contributed by atoms with Crippen LogP contribution in [0.4, 0.5) is 0 Å². The lowest BCUT2D eigenvalue weighted by Gasteiger charge is -2.18. The molecular formula is C14H17BrN2O. The zero-order chi connectivity index (χ0) is 13.0. The molecule has 18 heavy (non-hydrogen) atoms. The van der Waals surface area contributed by atoms with Crippen molar-refractivity contribution in [2.24, 2.45) is 0 Å². The number of hydrogen-bond acceptors (Lipinski definition) is 3. The van der Waals surface area contributed by atoms with Crippen molar-refractivity contribution in [3.05, 3.63) is 52.1 Å². The Hall–Kier alpha value is -1.13. The number of aryl methyl sites for hydroxylation is 1. The van der Waals surface area contributed by atoms with Crippen molar-refractivity contribution in [2.45, 2.75) is 26.3 Å². The molecule has 1 N–H and O–H groups in total. The van der Waals surface area contributed by atoms with Gasteiger partial charge >= 0.3 is 0 Å². The van der Waals surface area contributed by atoms with Crippen LogP contribution in [-0.4, -0.2) is 11.5 Å². The molecule has 0 aliphatic carbocycles. The van der Waals surface area contributed by atoms with E-state index in [9.17, 15) is 0 Å². The third kappa shape index (κ3) is 3.00. The Kier molecular flexibility index (Phi) is 4.55. The highest BCUT2D eigenvalue weighted by molar-refractivity contribution is 9.10. The third-order valence-electron chi connectivity index (χ3n) is 2.78. The molecule has 0 radical (unpaired) electrons. The first kappa shape index (κ1) is 13.3. The summed E-state index contributed by atoms with van der Waals surface area (Å²) in [6.45, 7) is 5.16. The fourth-order valence-corrected chi connectivity index (χ4v) is 2.41. The van der Waals surface area contributed by atoms with E-state index in [0.29, 0.717) is 0 Å². The molecule has 0 aromatic carbocycles. The fourth-order valence-electron chi connectivity index (χ4n) is 1.94. The van der Waals surface area contributed by atoms with Gasteiger partial charge in [-0.3, -0.25) is 4.98 Å². The Bertz CT molecular complexity index is 510. The van der Waals surface area contributed by atoms with Gasteiger partial charge in [0.2, 0.25) is 0 Å². The van der Waals surface area contributed by atoms with E-state index in [-0.39, 0.29) is 6.04 Å². The van der Waals surface area contributed by atoms with Crippen LogP contribution in [0, 0.1) is 6.92 Å². The number of furan rings is 1. The largest absolute Gasteiger partial charge is 0.457 e. The first-order valence-electron chi connectivity index (χ1n) is 6.10. The van der Waals surface area contributed by atoms with Gasteiger partial charge in [0.25, 0.3) is 0 Å². The number of rotatable bonds is 5. The lowest BCUT2D eigenvalue weighted by atomic mass is 10.0. The second-order valence-corrected chi connectivity index (χ2v) is 5.05. The minimum absolute atomic E-state index is 0.116. The van der Waals surface area contributed by atoms with E-state index in [2.05, 4.69) is 46.1 Å². The Morgan fingerprint density at radius 1 is 1.44 bits per heavy atom. The first-order chi connectivity index (χ1) is 8.72. The van der Waals surface area contributed by atoms with Crippen LogP contribution in [-0.2, 0) is 0 Å². The number of aromatic nitrogens is 1. The maximum atomic E-state index is 5.33.